The number of amides is 1. The maximum absolute atomic E-state index is 12.3. The summed E-state index contributed by atoms with van der Waals surface area (Å²) in [4.78, 5) is 16.1. The van der Waals surface area contributed by atoms with Crippen molar-refractivity contribution >= 4 is 23.2 Å². The molecule has 1 saturated heterocycles. The van der Waals surface area contributed by atoms with Gasteiger partial charge in [-0.2, -0.15) is 4.80 Å². The van der Waals surface area contributed by atoms with Crippen LogP contribution in [-0.4, -0.2) is 44.1 Å². The fraction of sp³-hybridized carbons (Fsp3) is 0.364. The predicted molar refractivity (Wildman–Crippen MR) is 117 cm³/mol. The fourth-order valence-electron chi connectivity index (χ4n) is 3.62. The molecular formula is C22H25ClN6O. The summed E-state index contributed by atoms with van der Waals surface area (Å²) < 4.78 is 0. The van der Waals surface area contributed by atoms with Crippen LogP contribution >= 0.6 is 11.6 Å². The second-order valence-electron chi connectivity index (χ2n) is 7.64. The molecule has 156 valence electrons. The van der Waals surface area contributed by atoms with Crippen LogP contribution in [0.2, 0.25) is 5.02 Å². The average Bonchev–Trinajstić information content (AvgIpc) is 3.21. The Balaban J connectivity index is 1.36. The minimum Gasteiger partial charge on any atom is -0.324 e. The van der Waals surface area contributed by atoms with Crippen LogP contribution in [0, 0.1) is 6.92 Å². The Morgan fingerprint density at radius 2 is 1.87 bits per heavy atom. The lowest BCUT2D eigenvalue weighted by atomic mass is 10.1. The minimum atomic E-state index is -0.235. The Morgan fingerprint density at radius 3 is 2.63 bits per heavy atom. The molecule has 0 spiro atoms. The molecule has 1 aliphatic rings. The van der Waals surface area contributed by atoms with E-state index in [-0.39, 0.29) is 12.5 Å². The zero-order valence-corrected chi connectivity index (χ0v) is 17.8. The third-order valence-corrected chi connectivity index (χ3v) is 5.76. The lowest BCUT2D eigenvalue weighted by Gasteiger charge is -2.26. The SMILES string of the molecule is Cc1c(Cl)cccc1NC(=O)Cn1nnc(-c2ccc(CN3CCCCC3)cc2)n1. The van der Waals surface area contributed by atoms with Crippen molar-refractivity contribution in [1.29, 1.82) is 0 Å². The molecule has 2 aromatic carbocycles. The van der Waals surface area contributed by atoms with Crippen molar-refractivity contribution in [2.45, 2.75) is 39.3 Å². The van der Waals surface area contributed by atoms with E-state index in [1.54, 1.807) is 12.1 Å². The summed E-state index contributed by atoms with van der Waals surface area (Å²) in [5, 5.41) is 15.9. The van der Waals surface area contributed by atoms with Crippen molar-refractivity contribution in [3.63, 3.8) is 0 Å². The van der Waals surface area contributed by atoms with E-state index in [0.29, 0.717) is 16.5 Å². The first-order valence-electron chi connectivity index (χ1n) is 10.2. The van der Waals surface area contributed by atoms with Gasteiger partial charge in [0.05, 0.1) is 0 Å². The Labute approximate surface area is 181 Å². The molecule has 30 heavy (non-hydrogen) atoms. The Hall–Kier alpha value is -2.77. The number of rotatable bonds is 6. The minimum absolute atomic E-state index is 0.0218. The number of carbonyl (C=O) groups excluding carboxylic acids is 1. The van der Waals surface area contributed by atoms with Gasteiger partial charge < -0.3 is 5.32 Å². The van der Waals surface area contributed by atoms with Gasteiger partial charge in [0.1, 0.15) is 6.54 Å². The van der Waals surface area contributed by atoms with Gasteiger partial charge >= 0.3 is 0 Å². The number of piperidine rings is 1. The first-order chi connectivity index (χ1) is 14.6. The summed E-state index contributed by atoms with van der Waals surface area (Å²) in [7, 11) is 0. The van der Waals surface area contributed by atoms with E-state index in [9.17, 15) is 4.79 Å². The molecule has 1 N–H and O–H groups in total. The van der Waals surface area contributed by atoms with E-state index >= 15 is 0 Å². The number of likely N-dealkylation sites (tertiary alicyclic amines) is 1. The molecular weight excluding hydrogens is 400 g/mol. The highest BCUT2D eigenvalue weighted by Gasteiger charge is 2.13. The molecule has 2 heterocycles. The van der Waals surface area contributed by atoms with Gasteiger partial charge in [-0.1, -0.05) is 48.4 Å². The Bertz CT molecular complexity index is 1010. The van der Waals surface area contributed by atoms with E-state index in [1.165, 1.54) is 42.7 Å². The van der Waals surface area contributed by atoms with Crippen LogP contribution in [0.4, 0.5) is 5.69 Å². The third kappa shape index (κ3) is 5.04. The summed E-state index contributed by atoms with van der Waals surface area (Å²) in [5.41, 5.74) is 3.67. The van der Waals surface area contributed by atoms with E-state index < -0.39 is 0 Å². The molecule has 0 unspecified atom stereocenters. The van der Waals surface area contributed by atoms with Gasteiger partial charge in [0, 0.05) is 22.8 Å². The average molecular weight is 425 g/mol. The summed E-state index contributed by atoms with van der Waals surface area (Å²) in [6.45, 7) is 5.16. The van der Waals surface area contributed by atoms with Crippen LogP contribution in [0.15, 0.2) is 42.5 Å². The van der Waals surface area contributed by atoms with Crippen molar-refractivity contribution in [1.82, 2.24) is 25.1 Å². The molecule has 3 aromatic rings. The predicted octanol–water partition coefficient (Wildman–Crippen LogP) is 3.93. The molecule has 1 amide bonds. The number of halogens is 1. The van der Waals surface area contributed by atoms with E-state index in [4.69, 9.17) is 11.6 Å². The largest absolute Gasteiger partial charge is 0.324 e. The van der Waals surface area contributed by atoms with E-state index in [1.807, 2.05) is 25.1 Å². The second-order valence-corrected chi connectivity index (χ2v) is 8.04. The highest BCUT2D eigenvalue weighted by molar-refractivity contribution is 6.31. The molecule has 1 fully saturated rings. The standard InChI is InChI=1S/C22H25ClN6O/c1-16-19(23)6-5-7-20(16)24-21(30)15-29-26-22(25-27-29)18-10-8-17(9-11-18)14-28-12-3-2-4-13-28/h5-11H,2-4,12-15H2,1H3,(H,24,30). The quantitative estimate of drug-likeness (QED) is 0.648. The maximum Gasteiger partial charge on any atom is 0.248 e. The summed E-state index contributed by atoms with van der Waals surface area (Å²) in [6.07, 6.45) is 3.92. The Kier molecular flexibility index (Phi) is 6.40. The van der Waals surface area contributed by atoms with Crippen LogP contribution in [0.5, 0.6) is 0 Å². The van der Waals surface area contributed by atoms with Gasteiger partial charge in [0.15, 0.2) is 0 Å². The molecule has 0 aliphatic carbocycles. The van der Waals surface area contributed by atoms with Crippen LogP contribution in [0.25, 0.3) is 11.4 Å². The number of benzene rings is 2. The number of nitrogens with zero attached hydrogens (tertiary/aromatic N) is 5. The van der Waals surface area contributed by atoms with Crippen molar-refractivity contribution in [2.75, 3.05) is 18.4 Å². The zero-order chi connectivity index (χ0) is 20.9. The molecule has 7 nitrogen and oxygen atoms in total. The first kappa shape index (κ1) is 20.5. The highest BCUT2D eigenvalue weighted by Crippen LogP contribution is 2.23. The van der Waals surface area contributed by atoms with E-state index in [2.05, 4.69) is 37.8 Å². The van der Waals surface area contributed by atoms with Gasteiger partial charge in [-0.05, 0) is 61.3 Å². The summed E-state index contributed by atoms with van der Waals surface area (Å²) in [5.74, 6) is 0.271. The molecule has 1 aliphatic heterocycles. The molecule has 0 saturated carbocycles. The van der Waals surface area contributed by atoms with Crippen LogP contribution in [0.1, 0.15) is 30.4 Å². The van der Waals surface area contributed by atoms with Crippen molar-refractivity contribution < 1.29 is 4.79 Å². The number of aromatic nitrogens is 4. The molecule has 0 bridgehead atoms. The summed E-state index contributed by atoms with van der Waals surface area (Å²) >= 11 is 6.10. The van der Waals surface area contributed by atoms with Crippen LogP contribution < -0.4 is 5.32 Å². The number of hydrogen-bond acceptors (Lipinski definition) is 5. The van der Waals surface area contributed by atoms with Gasteiger partial charge in [-0.25, -0.2) is 0 Å². The van der Waals surface area contributed by atoms with Gasteiger partial charge in [0.2, 0.25) is 11.7 Å². The van der Waals surface area contributed by atoms with Crippen molar-refractivity contribution in [3.05, 3.63) is 58.6 Å². The number of hydrogen-bond donors (Lipinski definition) is 1. The van der Waals surface area contributed by atoms with E-state index in [0.717, 1.165) is 17.7 Å². The lowest BCUT2D eigenvalue weighted by molar-refractivity contribution is -0.117. The zero-order valence-electron chi connectivity index (χ0n) is 17.0. The van der Waals surface area contributed by atoms with Crippen molar-refractivity contribution in [2.24, 2.45) is 0 Å². The fourth-order valence-corrected chi connectivity index (χ4v) is 3.80. The lowest BCUT2D eigenvalue weighted by Crippen LogP contribution is -2.28. The normalized spacial score (nSPS) is 14.6. The van der Waals surface area contributed by atoms with Crippen LogP contribution in [-0.2, 0) is 17.9 Å². The molecule has 0 atom stereocenters. The molecule has 8 heteroatoms. The highest BCUT2D eigenvalue weighted by atomic mass is 35.5. The monoisotopic (exact) mass is 424 g/mol. The maximum atomic E-state index is 12.3. The molecule has 0 radical (unpaired) electrons. The molecule has 4 rings (SSSR count). The molecule has 1 aromatic heterocycles. The number of carbonyl (C=O) groups is 1. The number of anilines is 1. The van der Waals surface area contributed by atoms with Crippen molar-refractivity contribution in [3.8, 4) is 11.4 Å². The summed E-state index contributed by atoms with van der Waals surface area (Å²) in [6, 6.07) is 13.6. The number of nitrogens with one attached hydrogen (secondary N) is 1. The topological polar surface area (TPSA) is 75.9 Å². The number of tetrazole rings is 1. The van der Waals surface area contributed by atoms with Crippen LogP contribution in [0.3, 0.4) is 0 Å². The van der Waals surface area contributed by atoms with Gasteiger partial charge in [-0.15, -0.1) is 10.2 Å². The second kappa shape index (κ2) is 9.36. The Morgan fingerprint density at radius 1 is 1.10 bits per heavy atom. The van der Waals surface area contributed by atoms with Gasteiger partial charge in [-0.3, -0.25) is 9.69 Å². The smallest absolute Gasteiger partial charge is 0.248 e. The van der Waals surface area contributed by atoms with Gasteiger partial charge in [0.25, 0.3) is 0 Å². The first-order valence-corrected chi connectivity index (χ1v) is 10.6. The third-order valence-electron chi connectivity index (χ3n) is 5.35.